The molecule has 0 spiro atoms. The second kappa shape index (κ2) is 11.6. The molecule has 40 heavy (non-hydrogen) atoms. The van der Waals surface area contributed by atoms with Crippen LogP contribution in [0.25, 0.3) is 11.4 Å². The van der Waals surface area contributed by atoms with E-state index >= 15 is 0 Å². The van der Waals surface area contributed by atoms with Gasteiger partial charge in [0.05, 0.1) is 6.61 Å². The molecule has 3 heterocycles. The van der Waals surface area contributed by atoms with Crippen molar-refractivity contribution < 1.29 is 14.2 Å². The Bertz CT molecular complexity index is 1540. The summed E-state index contributed by atoms with van der Waals surface area (Å²) in [5, 5.41) is 4.83. The van der Waals surface area contributed by atoms with Gasteiger partial charge in [0.15, 0.2) is 0 Å². The summed E-state index contributed by atoms with van der Waals surface area (Å²) in [5.41, 5.74) is 4.15. The molecule has 9 heteroatoms. The number of hydrogen-bond donors (Lipinski definition) is 0. The first-order valence-electron chi connectivity index (χ1n) is 13.3. The van der Waals surface area contributed by atoms with Crippen LogP contribution in [0.5, 0.6) is 5.75 Å². The van der Waals surface area contributed by atoms with E-state index in [1.54, 1.807) is 11.0 Å². The minimum Gasteiger partial charge on any atom is -0.491 e. The molecule has 0 radical (unpaired) electrons. The Labute approximate surface area is 238 Å². The molecule has 6 rings (SSSR count). The van der Waals surface area contributed by atoms with Crippen molar-refractivity contribution in [3.05, 3.63) is 120 Å². The third kappa shape index (κ3) is 5.79. The van der Waals surface area contributed by atoms with E-state index < -0.39 is 5.79 Å². The highest BCUT2D eigenvalue weighted by Gasteiger charge is 2.45. The third-order valence-electron chi connectivity index (χ3n) is 6.98. The zero-order valence-corrected chi connectivity index (χ0v) is 22.9. The van der Waals surface area contributed by atoms with E-state index in [2.05, 4.69) is 43.9 Å². The van der Waals surface area contributed by atoms with Crippen LogP contribution in [0.3, 0.4) is 0 Å². The van der Waals surface area contributed by atoms with Crippen LogP contribution in [-0.4, -0.2) is 43.6 Å². The summed E-state index contributed by atoms with van der Waals surface area (Å²) < 4.78 is 22.7. The van der Waals surface area contributed by atoms with Gasteiger partial charge in [-0.2, -0.15) is 5.10 Å². The summed E-state index contributed by atoms with van der Waals surface area (Å²) >= 11 is 6.64. The molecule has 1 saturated heterocycles. The molecule has 1 aliphatic heterocycles. The summed E-state index contributed by atoms with van der Waals surface area (Å²) in [4.78, 5) is 8.64. The lowest BCUT2D eigenvalue weighted by atomic mass is 10.0. The van der Waals surface area contributed by atoms with E-state index in [1.807, 2.05) is 67.8 Å². The molecular weight excluding hydrogens is 526 g/mol. The summed E-state index contributed by atoms with van der Waals surface area (Å²) in [5.74, 6) is 0.590. The molecule has 1 aliphatic rings. The average Bonchev–Trinajstić information content (AvgIpc) is 3.74. The van der Waals surface area contributed by atoms with Crippen molar-refractivity contribution >= 4 is 11.6 Å². The van der Waals surface area contributed by atoms with E-state index in [1.165, 1.54) is 11.9 Å². The van der Waals surface area contributed by atoms with Crippen molar-refractivity contribution in [1.82, 2.24) is 24.3 Å². The number of aryl methyl sites for hydroxylation is 3. The zero-order valence-electron chi connectivity index (χ0n) is 22.2. The quantitative estimate of drug-likeness (QED) is 0.220. The van der Waals surface area contributed by atoms with E-state index in [-0.39, 0.29) is 6.10 Å². The van der Waals surface area contributed by atoms with Crippen LogP contribution in [0, 0.1) is 6.92 Å². The average molecular weight is 556 g/mol. The van der Waals surface area contributed by atoms with Crippen LogP contribution in [-0.2, 0) is 34.8 Å². The monoisotopic (exact) mass is 555 g/mol. The van der Waals surface area contributed by atoms with Crippen molar-refractivity contribution in [2.75, 3.05) is 13.2 Å². The van der Waals surface area contributed by atoms with Crippen LogP contribution in [0.15, 0.2) is 97.8 Å². The van der Waals surface area contributed by atoms with Crippen molar-refractivity contribution in [2.45, 2.75) is 38.3 Å². The smallest absolute Gasteiger partial charge is 0.217 e. The molecule has 0 amide bonds. The molecule has 2 aromatic heterocycles. The van der Waals surface area contributed by atoms with Crippen LogP contribution in [0.1, 0.15) is 16.7 Å². The summed E-state index contributed by atoms with van der Waals surface area (Å²) in [7, 11) is 0. The fraction of sp³-hybridized carbons (Fsp3) is 0.258. The first kappa shape index (κ1) is 26.3. The van der Waals surface area contributed by atoms with Gasteiger partial charge in [-0.15, -0.1) is 0 Å². The van der Waals surface area contributed by atoms with Gasteiger partial charge in [0.1, 0.15) is 43.5 Å². The SMILES string of the molecule is Cc1ccc(C2(Cn3cncn3)OCC(COc3ccc(-c4nccn4CCc4ccccc4)cc3)O2)c(Cl)c1. The molecule has 5 aromatic rings. The second-order valence-corrected chi connectivity index (χ2v) is 10.3. The topological polar surface area (TPSA) is 76.2 Å². The number of ether oxygens (including phenoxy) is 3. The maximum atomic E-state index is 6.64. The fourth-order valence-electron chi connectivity index (χ4n) is 4.95. The number of rotatable bonds is 10. The molecule has 2 atom stereocenters. The highest BCUT2D eigenvalue weighted by Crippen LogP contribution is 2.40. The molecule has 1 fully saturated rings. The number of nitrogens with zero attached hydrogens (tertiary/aromatic N) is 5. The molecule has 0 aliphatic carbocycles. The Morgan fingerprint density at radius 2 is 1.93 bits per heavy atom. The normalized spacial score (nSPS) is 18.7. The number of hydrogen-bond acceptors (Lipinski definition) is 6. The van der Waals surface area contributed by atoms with Gasteiger partial charge in [-0.3, -0.25) is 0 Å². The Kier molecular flexibility index (Phi) is 7.64. The van der Waals surface area contributed by atoms with E-state index in [0.29, 0.717) is 24.8 Å². The molecule has 8 nitrogen and oxygen atoms in total. The Balaban J connectivity index is 1.10. The van der Waals surface area contributed by atoms with Gasteiger partial charge in [-0.25, -0.2) is 14.6 Å². The Morgan fingerprint density at radius 1 is 1.07 bits per heavy atom. The number of imidazole rings is 1. The standard InChI is InChI=1S/C31H30ClN5O3/c1-23-7-12-28(29(32)17-23)31(20-37-22-33-21-35-37)39-19-27(40-31)18-38-26-10-8-25(9-11-26)30-34-14-16-36(30)15-13-24-5-3-2-4-6-24/h2-12,14,16-17,21-22,27H,13,15,18-20H2,1H3. The highest BCUT2D eigenvalue weighted by molar-refractivity contribution is 6.31. The van der Waals surface area contributed by atoms with Crippen molar-refractivity contribution in [3.8, 4) is 17.1 Å². The molecular formula is C31H30ClN5O3. The Morgan fingerprint density at radius 3 is 2.70 bits per heavy atom. The minimum absolute atomic E-state index is 0.294. The third-order valence-corrected chi connectivity index (χ3v) is 7.29. The predicted octanol–water partition coefficient (Wildman–Crippen LogP) is 5.69. The van der Waals surface area contributed by atoms with E-state index in [0.717, 1.165) is 41.2 Å². The molecule has 0 N–H and O–H groups in total. The molecule has 2 unspecified atom stereocenters. The lowest BCUT2D eigenvalue weighted by Crippen LogP contribution is -2.35. The second-order valence-electron chi connectivity index (χ2n) is 9.90. The van der Waals surface area contributed by atoms with Crippen molar-refractivity contribution in [3.63, 3.8) is 0 Å². The number of benzene rings is 3. The van der Waals surface area contributed by atoms with Crippen LogP contribution >= 0.6 is 11.6 Å². The maximum absolute atomic E-state index is 6.64. The molecule has 3 aromatic carbocycles. The highest BCUT2D eigenvalue weighted by atomic mass is 35.5. The maximum Gasteiger partial charge on any atom is 0.217 e. The van der Waals surface area contributed by atoms with Gasteiger partial charge in [0.25, 0.3) is 0 Å². The fourth-order valence-corrected chi connectivity index (χ4v) is 5.33. The first-order valence-corrected chi connectivity index (χ1v) is 13.6. The molecule has 0 saturated carbocycles. The van der Waals surface area contributed by atoms with E-state index in [4.69, 9.17) is 25.8 Å². The van der Waals surface area contributed by atoms with Crippen molar-refractivity contribution in [2.24, 2.45) is 0 Å². The van der Waals surface area contributed by atoms with Gasteiger partial charge in [-0.1, -0.05) is 54.1 Å². The van der Waals surface area contributed by atoms with Gasteiger partial charge in [0.2, 0.25) is 5.79 Å². The van der Waals surface area contributed by atoms with Gasteiger partial charge in [-0.05, 0) is 54.8 Å². The van der Waals surface area contributed by atoms with Gasteiger partial charge < -0.3 is 18.8 Å². The van der Waals surface area contributed by atoms with Crippen LogP contribution < -0.4 is 4.74 Å². The largest absolute Gasteiger partial charge is 0.491 e. The van der Waals surface area contributed by atoms with Gasteiger partial charge >= 0.3 is 0 Å². The summed E-state index contributed by atoms with van der Waals surface area (Å²) in [6, 6.07) is 24.3. The van der Waals surface area contributed by atoms with Crippen LogP contribution in [0.4, 0.5) is 0 Å². The first-order chi connectivity index (χ1) is 19.6. The number of halogens is 1. The lowest BCUT2D eigenvalue weighted by molar-refractivity contribution is -0.190. The Hall–Kier alpha value is -3.98. The van der Waals surface area contributed by atoms with Gasteiger partial charge in [0, 0.05) is 35.1 Å². The van der Waals surface area contributed by atoms with Crippen LogP contribution in [0.2, 0.25) is 5.02 Å². The summed E-state index contributed by atoms with van der Waals surface area (Å²) in [6.45, 7) is 3.86. The van der Waals surface area contributed by atoms with Crippen molar-refractivity contribution in [1.29, 1.82) is 0 Å². The number of aromatic nitrogens is 5. The molecule has 204 valence electrons. The molecule has 0 bridgehead atoms. The minimum atomic E-state index is -1.09. The predicted molar refractivity (Wildman–Crippen MR) is 152 cm³/mol. The lowest BCUT2D eigenvalue weighted by Gasteiger charge is -2.29. The van der Waals surface area contributed by atoms with E-state index in [9.17, 15) is 0 Å². The zero-order chi connectivity index (χ0) is 27.4. The summed E-state index contributed by atoms with van der Waals surface area (Å²) in [6.07, 6.45) is 7.63.